The number of piperazine rings is 1. The number of tetrazole rings is 1. The maximum absolute atomic E-state index is 13.9. The van der Waals surface area contributed by atoms with E-state index in [1.165, 1.54) is 34.2 Å². The molecular formula is C31H33ClN11O10S2+. The Kier molecular flexibility index (Phi) is 10.3. The predicted octanol–water partition coefficient (Wildman–Crippen LogP) is -0.102. The molecule has 4 aliphatic heterocycles. The van der Waals surface area contributed by atoms with Gasteiger partial charge in [0.05, 0.1) is 43.3 Å². The molecule has 0 spiro atoms. The lowest BCUT2D eigenvalue weighted by Crippen LogP contribution is -2.70. The van der Waals surface area contributed by atoms with E-state index in [1.807, 2.05) is 0 Å². The number of thioether (sulfide) groups is 1. The average molecular weight is 819 g/mol. The minimum absolute atomic E-state index is 0.0646. The number of oxime groups is 1. The summed E-state index contributed by atoms with van der Waals surface area (Å²) in [6.45, 7) is 2.84. The van der Waals surface area contributed by atoms with Crippen LogP contribution in [0.2, 0.25) is 5.02 Å². The molecule has 8 N–H and O–H groups in total. The van der Waals surface area contributed by atoms with Gasteiger partial charge in [0, 0.05) is 35.1 Å². The standard InChI is InChI=1S/C31H32ClN11O10S2/c32-16-6-13(7-18(44)24(16)47)27(49)41-3-5-43(4-1-2-15(43)9-41)10-14-11-54-29-22(28(50)42(29)23(14)25-36-39-40-37-25)35-26(48)21(17-12-55-31(33)34-17)38-53-19(30(51)52)8-20(45)46/h6-7,12,15,19,22,29H,1-5,8-11H2,(H7-,33,34,35,36,37,38,39,40,44,45,46,47,48,49,51,52)/p+1/t15-,19-,22+,29+,43?/m0/s1. The zero-order chi connectivity index (χ0) is 39.2. The van der Waals surface area contributed by atoms with Crippen LogP contribution in [0.4, 0.5) is 5.13 Å². The maximum Gasteiger partial charge on any atom is 0.348 e. The normalized spacial score (nSPS) is 24.1. The molecule has 3 amide bonds. The number of H-pyrrole nitrogens is 1. The van der Waals surface area contributed by atoms with Crippen LogP contribution in [-0.4, -0.2) is 158 Å². The summed E-state index contributed by atoms with van der Waals surface area (Å²) < 4.78 is 0.662. The first-order valence-electron chi connectivity index (χ1n) is 16.7. The minimum Gasteiger partial charge on any atom is -0.504 e. The molecule has 21 nitrogen and oxygen atoms in total. The smallest absolute Gasteiger partial charge is 0.348 e. The summed E-state index contributed by atoms with van der Waals surface area (Å²) in [5, 5.41) is 59.7. The number of benzene rings is 1. The number of nitrogens with zero attached hydrogens (tertiary/aromatic N) is 8. The summed E-state index contributed by atoms with van der Waals surface area (Å²) in [6.07, 6.45) is -1.08. The molecule has 6 heterocycles. The number of anilines is 1. The topological polar surface area (TPSA) is 300 Å². The zero-order valence-electron chi connectivity index (χ0n) is 28.5. The number of fused-ring (bicyclic) bond motifs is 2. The highest BCUT2D eigenvalue weighted by molar-refractivity contribution is 8.00. The number of rotatable bonds is 12. The number of thiazole rings is 1. The highest BCUT2D eigenvalue weighted by atomic mass is 35.5. The number of halogens is 1. The molecule has 0 radical (unpaired) electrons. The van der Waals surface area contributed by atoms with E-state index in [9.17, 15) is 39.3 Å². The van der Waals surface area contributed by atoms with Gasteiger partial charge in [-0.05, 0) is 22.6 Å². The molecule has 7 rings (SSSR count). The number of phenolic OH excluding ortho intramolecular Hbond substituents is 2. The van der Waals surface area contributed by atoms with E-state index in [-0.39, 0.29) is 39.2 Å². The average Bonchev–Trinajstić information content (AvgIpc) is 3.93. The van der Waals surface area contributed by atoms with Crippen LogP contribution in [0.1, 0.15) is 41.1 Å². The van der Waals surface area contributed by atoms with Crippen LogP contribution < -0.4 is 11.1 Å². The van der Waals surface area contributed by atoms with Gasteiger partial charge in [-0.15, -0.1) is 28.2 Å². The van der Waals surface area contributed by atoms with Crippen molar-refractivity contribution < 1.29 is 53.7 Å². The summed E-state index contributed by atoms with van der Waals surface area (Å²) in [7, 11) is 0. The van der Waals surface area contributed by atoms with Gasteiger partial charge in [-0.1, -0.05) is 16.8 Å². The Morgan fingerprint density at radius 2 is 2.02 bits per heavy atom. The van der Waals surface area contributed by atoms with Gasteiger partial charge in [0.1, 0.15) is 29.7 Å². The van der Waals surface area contributed by atoms with Crippen LogP contribution in [0, 0.1) is 0 Å². The lowest BCUT2D eigenvalue weighted by Gasteiger charge is -2.52. The van der Waals surface area contributed by atoms with Crippen LogP contribution >= 0.6 is 34.7 Å². The van der Waals surface area contributed by atoms with Crippen molar-refractivity contribution in [3.05, 3.63) is 45.2 Å². The Labute approximate surface area is 323 Å². The summed E-state index contributed by atoms with van der Waals surface area (Å²) >= 11 is 8.41. The maximum atomic E-state index is 13.9. The van der Waals surface area contributed by atoms with E-state index in [0.717, 1.165) is 36.3 Å². The van der Waals surface area contributed by atoms with E-state index >= 15 is 0 Å². The fraction of sp³-hybridized carbons (Fsp3) is 0.419. The Bertz CT molecular complexity index is 2110. The van der Waals surface area contributed by atoms with E-state index < -0.39 is 64.9 Å². The van der Waals surface area contributed by atoms with E-state index in [2.05, 4.69) is 36.1 Å². The first-order chi connectivity index (χ1) is 26.3. The molecule has 1 aromatic carbocycles. The number of quaternary nitrogens is 1. The van der Waals surface area contributed by atoms with Crippen molar-refractivity contribution in [2.75, 3.05) is 44.2 Å². The second-order valence-electron chi connectivity index (χ2n) is 13.3. The Hall–Kier alpha value is -5.52. The van der Waals surface area contributed by atoms with Gasteiger partial charge in [-0.3, -0.25) is 24.1 Å². The number of carbonyl (C=O) groups is 5. The molecule has 3 saturated heterocycles. The van der Waals surface area contributed by atoms with Crippen LogP contribution in [0.3, 0.4) is 0 Å². The Morgan fingerprint density at radius 1 is 1.22 bits per heavy atom. The summed E-state index contributed by atoms with van der Waals surface area (Å²) in [4.78, 5) is 75.9. The quantitative estimate of drug-likeness (QED) is 0.0413. The predicted molar refractivity (Wildman–Crippen MR) is 193 cm³/mol. The van der Waals surface area contributed by atoms with Crippen molar-refractivity contribution >= 4 is 80.9 Å². The van der Waals surface area contributed by atoms with E-state index in [0.29, 0.717) is 42.1 Å². The molecule has 1 unspecified atom stereocenters. The first kappa shape index (κ1) is 37.8. The number of nitrogens with one attached hydrogen (secondary N) is 2. The lowest BCUT2D eigenvalue weighted by molar-refractivity contribution is -0.938. The number of carboxylic acids is 2. The van der Waals surface area contributed by atoms with Gasteiger partial charge < -0.3 is 45.7 Å². The molecule has 3 fully saturated rings. The van der Waals surface area contributed by atoms with Crippen LogP contribution in [0.25, 0.3) is 5.70 Å². The molecule has 0 aliphatic carbocycles. The largest absolute Gasteiger partial charge is 0.504 e. The lowest BCUT2D eigenvalue weighted by atomic mass is 10.00. The van der Waals surface area contributed by atoms with Gasteiger partial charge in [0.2, 0.25) is 6.10 Å². The molecule has 5 atom stereocenters. The number of hydrogen-bond acceptors (Lipinski definition) is 16. The number of carboxylic acid groups (broad SMARTS) is 2. The third-order valence-corrected chi connectivity index (χ3v) is 12.3. The number of nitrogens with two attached hydrogens (primary N) is 1. The van der Waals surface area contributed by atoms with Crippen molar-refractivity contribution in [2.24, 2.45) is 5.16 Å². The molecule has 2 aromatic heterocycles. The number of amides is 3. The minimum atomic E-state index is -1.91. The second-order valence-corrected chi connectivity index (χ2v) is 15.7. The fourth-order valence-electron chi connectivity index (χ4n) is 7.41. The number of hydrogen-bond donors (Lipinski definition) is 7. The zero-order valence-corrected chi connectivity index (χ0v) is 30.9. The number of aromatic hydroxyl groups is 2. The van der Waals surface area contributed by atoms with Crippen LogP contribution in [0.5, 0.6) is 11.5 Å². The van der Waals surface area contributed by atoms with Crippen molar-refractivity contribution in [3.63, 3.8) is 0 Å². The van der Waals surface area contributed by atoms with Crippen molar-refractivity contribution in [1.29, 1.82) is 0 Å². The number of aromatic nitrogens is 5. The Morgan fingerprint density at radius 3 is 2.69 bits per heavy atom. The molecule has 290 valence electrons. The highest BCUT2D eigenvalue weighted by Crippen LogP contribution is 2.45. The van der Waals surface area contributed by atoms with Gasteiger partial charge in [-0.25, -0.2) is 14.9 Å². The molecule has 0 saturated carbocycles. The monoisotopic (exact) mass is 818 g/mol. The van der Waals surface area contributed by atoms with Gasteiger partial charge in [0.25, 0.3) is 17.7 Å². The summed E-state index contributed by atoms with van der Waals surface area (Å²) in [5.41, 5.74) is 6.71. The molecule has 4 aliphatic rings. The number of β-lactam (4-membered cyclic amide) rings is 1. The number of carbonyl (C=O) groups excluding carboxylic acids is 3. The summed E-state index contributed by atoms with van der Waals surface area (Å²) in [6, 6.07) is 1.53. The number of aliphatic carboxylic acids is 2. The van der Waals surface area contributed by atoms with Gasteiger partial charge >= 0.3 is 11.9 Å². The third-order valence-electron chi connectivity index (χ3n) is 10.0. The van der Waals surface area contributed by atoms with Gasteiger partial charge in [-0.2, -0.15) is 0 Å². The molecule has 24 heteroatoms. The first-order valence-corrected chi connectivity index (χ1v) is 19.0. The van der Waals surface area contributed by atoms with E-state index in [4.69, 9.17) is 27.3 Å². The number of phenols is 2. The van der Waals surface area contributed by atoms with Gasteiger partial charge in [0.15, 0.2) is 28.2 Å². The molecule has 3 aromatic rings. The van der Waals surface area contributed by atoms with Crippen molar-refractivity contribution in [2.45, 2.75) is 42.8 Å². The SMILES string of the molecule is Nc1nc(/C(=N/O[C@@H](CC(=O)O)C(=O)O)C(=O)N[C@@H]2C(=O)N3C(c4nnn[nH]4)=C(C[N+]45CCC[C@H]4CN(C(=O)c4cc(O)c(O)c(Cl)c4)CC5)CS[C@H]23)cs1. The van der Waals surface area contributed by atoms with Crippen LogP contribution in [0.15, 0.2) is 28.2 Å². The number of nitrogen functional groups attached to an aromatic ring is 1. The molecule has 0 bridgehead atoms. The molecular weight excluding hydrogens is 786 g/mol. The molecule has 55 heavy (non-hydrogen) atoms. The second kappa shape index (κ2) is 15.0. The van der Waals surface area contributed by atoms with Crippen LogP contribution in [-0.2, 0) is 24.0 Å². The van der Waals surface area contributed by atoms with Crippen molar-refractivity contribution in [1.82, 2.24) is 40.7 Å². The summed E-state index contributed by atoms with van der Waals surface area (Å²) in [5.74, 6) is -5.09. The fourth-order valence-corrected chi connectivity index (χ4v) is 9.51. The third kappa shape index (κ3) is 7.22. The van der Waals surface area contributed by atoms with E-state index in [1.54, 1.807) is 4.90 Å². The highest BCUT2D eigenvalue weighted by Gasteiger charge is 2.56. The van der Waals surface area contributed by atoms with Crippen molar-refractivity contribution in [3.8, 4) is 11.5 Å². The Balaban J connectivity index is 1.10. The number of aromatic amines is 1.